The Hall–Kier alpha value is -1.71. The quantitative estimate of drug-likeness (QED) is 0.853. The van der Waals surface area contributed by atoms with Crippen LogP contribution in [0.5, 0.6) is 5.75 Å². The molecule has 2 aromatic carbocycles. The molecule has 3 nitrogen and oxygen atoms in total. The highest BCUT2D eigenvalue weighted by molar-refractivity contribution is 6.36. The van der Waals surface area contributed by atoms with Crippen molar-refractivity contribution in [1.82, 2.24) is 0 Å². The zero-order chi connectivity index (χ0) is 16.2. The minimum Gasteiger partial charge on any atom is -0.483 e. The van der Waals surface area contributed by atoms with Gasteiger partial charge in [-0.05, 0) is 61.1 Å². The Bertz CT molecular complexity index is 731. The van der Waals surface area contributed by atoms with Crippen LogP contribution in [-0.2, 0) is 17.6 Å². The van der Waals surface area contributed by atoms with Crippen LogP contribution in [0.3, 0.4) is 0 Å². The predicted octanol–water partition coefficient (Wildman–Crippen LogP) is 4.89. The molecule has 120 valence electrons. The molecule has 0 aliphatic heterocycles. The largest absolute Gasteiger partial charge is 0.483 e. The molecular formula is C18H17Cl2NO2. The Morgan fingerprint density at radius 2 is 1.96 bits per heavy atom. The zero-order valence-electron chi connectivity index (χ0n) is 12.6. The maximum absolute atomic E-state index is 12.1. The Kier molecular flexibility index (Phi) is 5.09. The molecule has 0 bridgehead atoms. The van der Waals surface area contributed by atoms with E-state index in [1.165, 1.54) is 24.0 Å². The van der Waals surface area contributed by atoms with Crippen molar-refractivity contribution in [2.24, 2.45) is 0 Å². The first-order chi connectivity index (χ1) is 11.1. The highest BCUT2D eigenvalue weighted by atomic mass is 35.5. The van der Waals surface area contributed by atoms with Crippen molar-refractivity contribution in [3.05, 3.63) is 57.6 Å². The predicted molar refractivity (Wildman–Crippen MR) is 93.7 cm³/mol. The van der Waals surface area contributed by atoms with E-state index in [9.17, 15) is 4.79 Å². The number of anilines is 1. The number of halogens is 2. The fraction of sp³-hybridized carbons (Fsp3) is 0.278. The number of aryl methyl sites for hydroxylation is 1. The van der Waals surface area contributed by atoms with Gasteiger partial charge in [-0.2, -0.15) is 0 Å². The second-order valence-corrected chi connectivity index (χ2v) is 6.41. The number of carbonyl (C=O) groups excluding carboxylic acids is 1. The van der Waals surface area contributed by atoms with E-state index < -0.39 is 0 Å². The smallest absolute Gasteiger partial charge is 0.262 e. The van der Waals surface area contributed by atoms with Crippen LogP contribution in [-0.4, -0.2) is 12.5 Å². The normalized spacial score (nSPS) is 13.3. The van der Waals surface area contributed by atoms with Crippen LogP contribution in [0.2, 0.25) is 10.0 Å². The molecule has 1 amide bonds. The van der Waals surface area contributed by atoms with E-state index in [1.54, 1.807) is 18.2 Å². The van der Waals surface area contributed by atoms with Gasteiger partial charge in [0.05, 0.1) is 10.7 Å². The van der Waals surface area contributed by atoms with E-state index in [-0.39, 0.29) is 12.5 Å². The second-order valence-electron chi connectivity index (χ2n) is 5.56. The van der Waals surface area contributed by atoms with Crippen molar-refractivity contribution in [3.63, 3.8) is 0 Å². The minimum absolute atomic E-state index is 0.0462. The lowest BCUT2D eigenvalue weighted by Crippen LogP contribution is -2.21. The van der Waals surface area contributed by atoms with E-state index in [0.717, 1.165) is 18.6 Å². The van der Waals surface area contributed by atoms with Crippen LogP contribution < -0.4 is 10.1 Å². The van der Waals surface area contributed by atoms with Gasteiger partial charge in [-0.15, -0.1) is 0 Å². The lowest BCUT2D eigenvalue weighted by molar-refractivity contribution is -0.118. The van der Waals surface area contributed by atoms with Gasteiger partial charge in [-0.25, -0.2) is 0 Å². The van der Waals surface area contributed by atoms with E-state index in [1.807, 2.05) is 12.1 Å². The molecule has 0 atom stereocenters. The van der Waals surface area contributed by atoms with E-state index >= 15 is 0 Å². The minimum atomic E-state index is -0.248. The lowest BCUT2D eigenvalue weighted by atomic mass is 9.91. The molecule has 5 heteroatoms. The summed E-state index contributed by atoms with van der Waals surface area (Å²) >= 11 is 11.9. The molecule has 2 aromatic rings. The van der Waals surface area contributed by atoms with Crippen molar-refractivity contribution in [2.45, 2.75) is 25.7 Å². The summed E-state index contributed by atoms with van der Waals surface area (Å²) in [4.78, 5) is 12.1. The summed E-state index contributed by atoms with van der Waals surface area (Å²) in [6.07, 6.45) is 4.47. The molecule has 0 fully saturated rings. The standard InChI is InChI=1S/C18H17Cl2NO2/c19-13-8-9-16(15(20)10-13)21-18(22)11-23-17-7-3-5-12-4-1-2-6-14(12)17/h3,5,7-10H,1-2,4,6,11H2,(H,21,22). The topological polar surface area (TPSA) is 38.3 Å². The molecule has 0 heterocycles. The summed E-state index contributed by atoms with van der Waals surface area (Å²) in [5, 5.41) is 3.67. The van der Waals surface area contributed by atoms with E-state index in [4.69, 9.17) is 27.9 Å². The van der Waals surface area contributed by atoms with E-state index in [0.29, 0.717) is 15.7 Å². The molecule has 3 rings (SSSR count). The molecule has 0 unspecified atom stereocenters. The third-order valence-electron chi connectivity index (χ3n) is 3.92. The molecule has 1 aliphatic rings. The van der Waals surface area contributed by atoms with Crippen molar-refractivity contribution in [1.29, 1.82) is 0 Å². The monoisotopic (exact) mass is 349 g/mol. The number of benzene rings is 2. The number of hydrogen-bond acceptors (Lipinski definition) is 2. The summed E-state index contributed by atoms with van der Waals surface area (Å²) in [6.45, 7) is -0.0462. The van der Waals surface area contributed by atoms with Gasteiger partial charge in [-0.1, -0.05) is 35.3 Å². The average molecular weight is 350 g/mol. The number of nitrogens with one attached hydrogen (secondary N) is 1. The number of rotatable bonds is 4. The molecule has 0 saturated carbocycles. The first-order valence-corrected chi connectivity index (χ1v) is 8.37. The van der Waals surface area contributed by atoms with Gasteiger partial charge in [0.15, 0.2) is 6.61 Å². The van der Waals surface area contributed by atoms with Crippen molar-refractivity contribution in [3.8, 4) is 5.75 Å². The Labute approximate surface area is 145 Å². The third-order valence-corrected chi connectivity index (χ3v) is 4.46. The van der Waals surface area contributed by atoms with Crippen LogP contribution in [0.15, 0.2) is 36.4 Å². The van der Waals surface area contributed by atoms with Crippen molar-refractivity contribution >= 4 is 34.8 Å². The maximum atomic E-state index is 12.1. The highest BCUT2D eigenvalue weighted by Crippen LogP contribution is 2.29. The molecule has 1 N–H and O–H groups in total. The van der Waals surface area contributed by atoms with Gasteiger partial charge < -0.3 is 10.1 Å². The molecule has 0 spiro atoms. The number of hydrogen-bond donors (Lipinski definition) is 1. The molecule has 23 heavy (non-hydrogen) atoms. The summed E-state index contributed by atoms with van der Waals surface area (Å²) in [5.41, 5.74) is 3.09. The Morgan fingerprint density at radius 3 is 2.78 bits per heavy atom. The van der Waals surface area contributed by atoms with Crippen LogP contribution >= 0.6 is 23.2 Å². The highest BCUT2D eigenvalue weighted by Gasteiger charge is 2.15. The second kappa shape index (κ2) is 7.24. The van der Waals surface area contributed by atoms with Crippen molar-refractivity contribution < 1.29 is 9.53 Å². The fourth-order valence-corrected chi connectivity index (χ4v) is 3.26. The van der Waals surface area contributed by atoms with Crippen LogP contribution in [0.1, 0.15) is 24.0 Å². The zero-order valence-corrected chi connectivity index (χ0v) is 14.1. The molecule has 0 saturated heterocycles. The van der Waals surface area contributed by atoms with Crippen molar-refractivity contribution in [2.75, 3.05) is 11.9 Å². The number of carbonyl (C=O) groups is 1. The number of ether oxygens (including phenoxy) is 1. The molecular weight excluding hydrogens is 333 g/mol. The summed E-state index contributed by atoms with van der Waals surface area (Å²) in [7, 11) is 0. The Balaban J connectivity index is 1.63. The van der Waals surface area contributed by atoms with Gasteiger partial charge in [0.25, 0.3) is 5.91 Å². The van der Waals surface area contributed by atoms with Crippen LogP contribution in [0, 0.1) is 0 Å². The summed E-state index contributed by atoms with van der Waals surface area (Å²) < 4.78 is 5.72. The first-order valence-electron chi connectivity index (χ1n) is 7.62. The molecule has 0 radical (unpaired) electrons. The maximum Gasteiger partial charge on any atom is 0.262 e. The van der Waals surface area contributed by atoms with Gasteiger partial charge in [0.2, 0.25) is 0 Å². The fourth-order valence-electron chi connectivity index (χ4n) is 2.80. The van der Waals surface area contributed by atoms with Gasteiger partial charge in [0.1, 0.15) is 5.75 Å². The first kappa shape index (κ1) is 16.2. The molecule has 1 aliphatic carbocycles. The SMILES string of the molecule is O=C(COc1cccc2c1CCCC2)Nc1ccc(Cl)cc1Cl. The Morgan fingerprint density at radius 1 is 1.13 bits per heavy atom. The van der Waals surface area contributed by atoms with Crippen LogP contribution in [0.25, 0.3) is 0 Å². The van der Waals surface area contributed by atoms with Gasteiger partial charge in [0, 0.05) is 5.02 Å². The lowest BCUT2D eigenvalue weighted by Gasteiger charge is -2.19. The van der Waals surface area contributed by atoms with Crippen LogP contribution in [0.4, 0.5) is 5.69 Å². The summed E-state index contributed by atoms with van der Waals surface area (Å²) in [6, 6.07) is 11.0. The average Bonchev–Trinajstić information content (AvgIpc) is 2.55. The van der Waals surface area contributed by atoms with Gasteiger partial charge in [-0.3, -0.25) is 4.79 Å². The number of amides is 1. The molecule has 0 aromatic heterocycles. The van der Waals surface area contributed by atoms with E-state index in [2.05, 4.69) is 11.4 Å². The number of fused-ring (bicyclic) bond motifs is 1. The third kappa shape index (κ3) is 3.98. The van der Waals surface area contributed by atoms with Gasteiger partial charge >= 0.3 is 0 Å². The summed E-state index contributed by atoms with van der Waals surface area (Å²) in [5.74, 6) is 0.558.